The molecule has 0 aliphatic heterocycles. The molecule has 3 aromatic rings. The average Bonchev–Trinajstić information content (AvgIpc) is 2.53. The molecule has 1 N–H and O–H groups in total. The SMILES string of the molecule is Cc1ccc(Oc2c(C(F)(F)F)oc3cc(O)c(C)cc3c2=O)cc1. The standard InChI is InChI=1S/C18H13F3O4/c1-9-3-5-11(6-4-9)24-16-15(23)12-7-10(2)13(22)8-14(12)25-17(16)18(19,20)21/h3-8,22H,1-2H3. The van der Waals surface area contributed by atoms with Crippen LogP contribution in [0.15, 0.2) is 45.6 Å². The third-order valence-corrected chi connectivity index (χ3v) is 3.67. The number of hydrogen-bond acceptors (Lipinski definition) is 4. The van der Waals surface area contributed by atoms with Gasteiger partial charge in [0.25, 0.3) is 5.76 Å². The topological polar surface area (TPSA) is 59.7 Å². The number of hydrogen-bond donors (Lipinski definition) is 1. The molecule has 0 aliphatic carbocycles. The zero-order valence-electron chi connectivity index (χ0n) is 13.3. The second-order valence-electron chi connectivity index (χ2n) is 5.64. The van der Waals surface area contributed by atoms with Crippen LogP contribution in [0, 0.1) is 13.8 Å². The highest BCUT2D eigenvalue weighted by Gasteiger charge is 2.40. The predicted molar refractivity (Wildman–Crippen MR) is 85.1 cm³/mol. The lowest BCUT2D eigenvalue weighted by Crippen LogP contribution is -2.15. The number of fused-ring (bicyclic) bond motifs is 1. The molecule has 0 spiro atoms. The van der Waals surface area contributed by atoms with Gasteiger partial charge in [-0.2, -0.15) is 13.2 Å². The molecule has 0 saturated heterocycles. The van der Waals surface area contributed by atoms with Gasteiger partial charge >= 0.3 is 6.18 Å². The lowest BCUT2D eigenvalue weighted by molar-refractivity contribution is -0.154. The molecule has 0 radical (unpaired) electrons. The fraction of sp³-hybridized carbons (Fsp3) is 0.167. The van der Waals surface area contributed by atoms with Gasteiger partial charge in [-0.1, -0.05) is 17.7 Å². The van der Waals surface area contributed by atoms with Crippen molar-refractivity contribution in [3.63, 3.8) is 0 Å². The number of aryl methyl sites for hydroxylation is 2. The third kappa shape index (κ3) is 3.17. The van der Waals surface area contributed by atoms with Crippen molar-refractivity contribution >= 4 is 11.0 Å². The van der Waals surface area contributed by atoms with Gasteiger partial charge in [-0.05, 0) is 37.6 Å². The summed E-state index contributed by atoms with van der Waals surface area (Å²) in [5.41, 5.74) is -0.102. The van der Waals surface area contributed by atoms with Crippen LogP contribution in [-0.2, 0) is 6.18 Å². The van der Waals surface area contributed by atoms with Gasteiger partial charge in [-0.15, -0.1) is 0 Å². The van der Waals surface area contributed by atoms with Crippen LogP contribution in [0.4, 0.5) is 13.2 Å². The van der Waals surface area contributed by atoms with Crippen molar-refractivity contribution in [2.75, 3.05) is 0 Å². The quantitative estimate of drug-likeness (QED) is 0.712. The van der Waals surface area contributed by atoms with E-state index in [0.29, 0.717) is 5.56 Å². The van der Waals surface area contributed by atoms with E-state index in [4.69, 9.17) is 9.15 Å². The minimum absolute atomic E-state index is 0.0817. The Morgan fingerprint density at radius 1 is 1.08 bits per heavy atom. The Kier molecular flexibility index (Phi) is 3.94. The number of alkyl halides is 3. The van der Waals surface area contributed by atoms with Gasteiger partial charge in [0, 0.05) is 6.07 Å². The van der Waals surface area contributed by atoms with Crippen LogP contribution in [-0.4, -0.2) is 5.11 Å². The van der Waals surface area contributed by atoms with E-state index in [2.05, 4.69) is 0 Å². The Morgan fingerprint density at radius 2 is 1.72 bits per heavy atom. The Hall–Kier alpha value is -2.96. The molecule has 0 atom stereocenters. The normalized spacial score (nSPS) is 11.7. The molecule has 0 unspecified atom stereocenters. The van der Waals surface area contributed by atoms with E-state index in [1.54, 1.807) is 12.1 Å². The molecule has 4 nitrogen and oxygen atoms in total. The first-order chi connectivity index (χ1) is 11.7. The molecule has 0 saturated carbocycles. The minimum Gasteiger partial charge on any atom is -0.508 e. The van der Waals surface area contributed by atoms with Crippen molar-refractivity contribution in [1.82, 2.24) is 0 Å². The number of halogens is 3. The Bertz CT molecular complexity index is 1000. The maximum absolute atomic E-state index is 13.3. The van der Waals surface area contributed by atoms with E-state index < -0.39 is 23.1 Å². The summed E-state index contributed by atoms with van der Waals surface area (Å²) in [4.78, 5) is 12.6. The van der Waals surface area contributed by atoms with Gasteiger partial charge in [0.1, 0.15) is 17.1 Å². The zero-order valence-corrected chi connectivity index (χ0v) is 13.3. The van der Waals surface area contributed by atoms with Gasteiger partial charge in [0.15, 0.2) is 0 Å². The molecule has 130 valence electrons. The van der Waals surface area contributed by atoms with Crippen LogP contribution < -0.4 is 10.2 Å². The predicted octanol–water partition coefficient (Wildman–Crippen LogP) is 4.93. The highest BCUT2D eigenvalue weighted by molar-refractivity contribution is 5.81. The van der Waals surface area contributed by atoms with E-state index in [-0.39, 0.29) is 22.5 Å². The highest BCUT2D eigenvalue weighted by atomic mass is 19.4. The molecule has 2 aromatic carbocycles. The van der Waals surface area contributed by atoms with Crippen molar-refractivity contribution < 1.29 is 27.4 Å². The lowest BCUT2D eigenvalue weighted by atomic mass is 10.1. The monoisotopic (exact) mass is 350 g/mol. The fourth-order valence-corrected chi connectivity index (χ4v) is 2.32. The average molecular weight is 350 g/mol. The Labute approximate surface area is 140 Å². The van der Waals surface area contributed by atoms with Gasteiger partial charge in [-0.3, -0.25) is 4.79 Å². The molecule has 3 rings (SSSR count). The number of benzene rings is 2. The molecule has 1 heterocycles. The second kappa shape index (κ2) is 5.84. The summed E-state index contributed by atoms with van der Waals surface area (Å²) in [5, 5.41) is 9.55. The van der Waals surface area contributed by atoms with Gasteiger partial charge < -0.3 is 14.3 Å². The molecular formula is C18H13F3O4. The van der Waals surface area contributed by atoms with E-state index in [1.807, 2.05) is 6.92 Å². The van der Waals surface area contributed by atoms with E-state index >= 15 is 0 Å². The van der Waals surface area contributed by atoms with Crippen LogP contribution in [0.25, 0.3) is 11.0 Å². The van der Waals surface area contributed by atoms with Gasteiger partial charge in [0.2, 0.25) is 11.2 Å². The van der Waals surface area contributed by atoms with Crippen molar-refractivity contribution in [1.29, 1.82) is 0 Å². The molecule has 25 heavy (non-hydrogen) atoms. The van der Waals surface area contributed by atoms with Crippen molar-refractivity contribution in [3.8, 4) is 17.2 Å². The summed E-state index contributed by atoms with van der Waals surface area (Å²) in [6.45, 7) is 3.33. The summed E-state index contributed by atoms with van der Waals surface area (Å²) >= 11 is 0. The first kappa shape index (κ1) is 16.9. The highest BCUT2D eigenvalue weighted by Crippen LogP contribution is 2.39. The summed E-state index contributed by atoms with van der Waals surface area (Å²) in [5.74, 6) is -2.67. The molecule has 0 fully saturated rings. The molecule has 1 aromatic heterocycles. The number of rotatable bonds is 2. The third-order valence-electron chi connectivity index (χ3n) is 3.67. The maximum Gasteiger partial charge on any atom is 0.453 e. The fourth-order valence-electron chi connectivity index (χ4n) is 2.32. The molecule has 7 heteroatoms. The van der Waals surface area contributed by atoms with Crippen LogP contribution in [0.2, 0.25) is 0 Å². The van der Waals surface area contributed by atoms with Crippen molar-refractivity contribution in [2.24, 2.45) is 0 Å². The lowest BCUT2D eigenvalue weighted by Gasteiger charge is -2.13. The van der Waals surface area contributed by atoms with Crippen LogP contribution in [0.3, 0.4) is 0 Å². The summed E-state index contributed by atoms with van der Waals surface area (Å²) in [6.07, 6.45) is -4.94. The van der Waals surface area contributed by atoms with Crippen molar-refractivity contribution in [3.05, 3.63) is 63.5 Å². The first-order valence-corrected chi connectivity index (χ1v) is 7.29. The number of aromatic hydroxyl groups is 1. The van der Waals surface area contributed by atoms with Crippen molar-refractivity contribution in [2.45, 2.75) is 20.0 Å². The smallest absolute Gasteiger partial charge is 0.453 e. The van der Waals surface area contributed by atoms with E-state index in [1.165, 1.54) is 25.1 Å². The molecule has 0 aliphatic rings. The number of phenolic OH excluding ortho intramolecular Hbond substituents is 1. The van der Waals surface area contributed by atoms with E-state index in [9.17, 15) is 23.1 Å². The number of phenols is 1. The van der Waals surface area contributed by atoms with Crippen LogP contribution >= 0.6 is 0 Å². The molecular weight excluding hydrogens is 337 g/mol. The largest absolute Gasteiger partial charge is 0.508 e. The molecule has 0 bridgehead atoms. The van der Waals surface area contributed by atoms with Crippen LogP contribution in [0.1, 0.15) is 16.9 Å². The van der Waals surface area contributed by atoms with Gasteiger partial charge in [0.05, 0.1) is 5.39 Å². The maximum atomic E-state index is 13.3. The second-order valence-corrected chi connectivity index (χ2v) is 5.64. The van der Waals surface area contributed by atoms with Crippen LogP contribution in [0.5, 0.6) is 17.2 Å². The summed E-state index contributed by atoms with van der Waals surface area (Å²) in [7, 11) is 0. The van der Waals surface area contributed by atoms with E-state index in [0.717, 1.165) is 11.6 Å². The zero-order chi connectivity index (χ0) is 18.4. The Balaban J connectivity index is 2.27. The Morgan fingerprint density at radius 3 is 2.32 bits per heavy atom. The minimum atomic E-state index is -4.94. The number of ether oxygens (including phenoxy) is 1. The summed E-state index contributed by atoms with van der Waals surface area (Å²) in [6, 6.07) is 8.46. The first-order valence-electron chi connectivity index (χ1n) is 7.29. The molecule has 0 amide bonds. The van der Waals surface area contributed by atoms with Gasteiger partial charge in [-0.25, -0.2) is 0 Å². The summed E-state index contributed by atoms with van der Waals surface area (Å²) < 4.78 is 50.1.